The fraction of sp³-hybridized carbons (Fsp3) is 0.414. The van der Waals surface area contributed by atoms with Crippen molar-refractivity contribution in [2.75, 3.05) is 62.0 Å². The highest BCUT2D eigenvalue weighted by atomic mass is 16.5. The van der Waals surface area contributed by atoms with E-state index in [9.17, 15) is 9.59 Å². The molecule has 0 radical (unpaired) electrons. The Morgan fingerprint density at radius 1 is 1.08 bits per heavy atom. The average Bonchev–Trinajstić information content (AvgIpc) is 3.73. The van der Waals surface area contributed by atoms with Gasteiger partial charge in [0.25, 0.3) is 11.8 Å². The van der Waals surface area contributed by atoms with E-state index in [1.54, 1.807) is 19.3 Å². The Morgan fingerprint density at radius 3 is 2.69 bits per heavy atom. The number of furan rings is 1. The quantitative estimate of drug-likeness (QED) is 0.499. The van der Waals surface area contributed by atoms with Gasteiger partial charge in [-0.25, -0.2) is 4.98 Å². The maximum atomic E-state index is 13.4. The van der Waals surface area contributed by atoms with E-state index in [0.29, 0.717) is 46.8 Å². The number of amides is 2. The Hall–Kier alpha value is -4.05. The molecule has 10 nitrogen and oxygen atoms in total. The third-order valence-corrected chi connectivity index (χ3v) is 7.99. The lowest BCUT2D eigenvalue weighted by atomic mass is 10.1. The van der Waals surface area contributed by atoms with Gasteiger partial charge < -0.3 is 29.2 Å². The number of benzene rings is 1. The first-order valence-corrected chi connectivity index (χ1v) is 13.6. The Bertz CT molecular complexity index is 1400. The first-order chi connectivity index (χ1) is 18.9. The predicted molar refractivity (Wildman–Crippen MR) is 150 cm³/mol. The van der Waals surface area contributed by atoms with Crippen molar-refractivity contribution in [3.63, 3.8) is 0 Å². The van der Waals surface area contributed by atoms with Crippen LogP contribution in [-0.4, -0.2) is 79.5 Å². The van der Waals surface area contributed by atoms with Crippen LogP contribution in [0.3, 0.4) is 0 Å². The topological polar surface area (TPSA) is 94.4 Å². The van der Waals surface area contributed by atoms with Gasteiger partial charge in [-0.2, -0.15) is 0 Å². The lowest BCUT2D eigenvalue weighted by Crippen LogP contribution is -2.37. The molecule has 2 fully saturated rings. The number of hydrogen-bond donors (Lipinski definition) is 1. The molecule has 0 unspecified atom stereocenters. The lowest BCUT2D eigenvalue weighted by Gasteiger charge is -2.24. The fourth-order valence-corrected chi connectivity index (χ4v) is 5.84. The number of likely N-dealkylation sites (tertiary alicyclic amines) is 2. The number of aromatic nitrogens is 1. The van der Waals surface area contributed by atoms with E-state index >= 15 is 0 Å². The smallest absolute Gasteiger partial charge is 0.296 e. The number of rotatable bonds is 6. The molecule has 39 heavy (non-hydrogen) atoms. The predicted octanol–water partition coefficient (Wildman–Crippen LogP) is 4.49. The first kappa shape index (κ1) is 25.2. The number of carbonyl (C=O) groups is 2. The zero-order chi connectivity index (χ0) is 27.1. The number of anilines is 5. The highest BCUT2D eigenvalue weighted by Gasteiger charge is 2.33. The highest BCUT2D eigenvalue weighted by molar-refractivity contribution is 6.11. The number of nitrogens with zero attached hydrogens (tertiary/aromatic N) is 5. The molecule has 1 atom stereocenters. The summed E-state index contributed by atoms with van der Waals surface area (Å²) in [6.45, 7) is 6.23. The summed E-state index contributed by atoms with van der Waals surface area (Å²) >= 11 is 0. The second-order valence-corrected chi connectivity index (χ2v) is 10.3. The number of pyridine rings is 1. The molecule has 1 aromatic carbocycles. The summed E-state index contributed by atoms with van der Waals surface area (Å²) in [5.74, 6) is 1.27. The highest BCUT2D eigenvalue weighted by Crippen LogP contribution is 2.41. The second-order valence-electron chi connectivity index (χ2n) is 10.3. The molecule has 0 bridgehead atoms. The molecule has 1 N–H and O–H groups in total. The molecular formula is C29H34N6O4. The van der Waals surface area contributed by atoms with Crippen LogP contribution in [0.2, 0.25) is 0 Å². The molecule has 0 spiro atoms. The minimum absolute atomic E-state index is 0.0394. The number of fused-ring (bicyclic) bond motifs is 2. The molecule has 2 aromatic heterocycles. The van der Waals surface area contributed by atoms with Crippen molar-refractivity contribution in [1.82, 2.24) is 14.8 Å². The van der Waals surface area contributed by atoms with Crippen LogP contribution in [-0.2, 0) is 0 Å². The summed E-state index contributed by atoms with van der Waals surface area (Å²) in [6.07, 6.45) is 6.73. The molecular weight excluding hydrogens is 496 g/mol. The minimum atomic E-state index is -0.230. The van der Waals surface area contributed by atoms with Crippen molar-refractivity contribution < 1.29 is 18.7 Å². The van der Waals surface area contributed by atoms with Gasteiger partial charge in [0.1, 0.15) is 11.6 Å². The van der Waals surface area contributed by atoms with Gasteiger partial charge in [0.2, 0.25) is 5.76 Å². The lowest BCUT2D eigenvalue weighted by molar-refractivity contribution is 0.0779. The van der Waals surface area contributed by atoms with Crippen molar-refractivity contribution in [3.05, 3.63) is 54.1 Å². The maximum Gasteiger partial charge on any atom is 0.296 e. The molecule has 2 saturated heterocycles. The Balaban J connectivity index is 1.24. The molecule has 5 heterocycles. The van der Waals surface area contributed by atoms with Gasteiger partial charge in [0, 0.05) is 50.9 Å². The fourth-order valence-electron chi connectivity index (χ4n) is 5.84. The second kappa shape index (κ2) is 10.3. The minimum Gasteiger partial charge on any atom is -0.492 e. The van der Waals surface area contributed by atoms with Crippen LogP contribution < -0.4 is 19.9 Å². The van der Waals surface area contributed by atoms with Crippen LogP contribution in [0.25, 0.3) is 0 Å². The normalized spacial score (nSPS) is 19.2. The summed E-state index contributed by atoms with van der Waals surface area (Å²) in [7, 11) is 3.60. The summed E-state index contributed by atoms with van der Waals surface area (Å²) in [5, 5.41) is 3.35. The largest absolute Gasteiger partial charge is 0.492 e. The molecule has 3 aromatic rings. The Labute approximate surface area is 228 Å². The zero-order valence-electron chi connectivity index (χ0n) is 22.6. The molecule has 2 amide bonds. The summed E-state index contributed by atoms with van der Waals surface area (Å²) in [5.41, 5.74) is 3.49. The van der Waals surface area contributed by atoms with Crippen LogP contribution >= 0.6 is 0 Å². The molecule has 204 valence electrons. The molecule has 3 aliphatic heterocycles. The van der Waals surface area contributed by atoms with Gasteiger partial charge >= 0.3 is 0 Å². The number of nitrogens with one attached hydrogen (secondary N) is 1. The van der Waals surface area contributed by atoms with Crippen molar-refractivity contribution in [2.45, 2.75) is 32.2 Å². The summed E-state index contributed by atoms with van der Waals surface area (Å²) in [4.78, 5) is 38.8. The van der Waals surface area contributed by atoms with Gasteiger partial charge in [-0.1, -0.05) is 0 Å². The van der Waals surface area contributed by atoms with Gasteiger partial charge in [0.15, 0.2) is 0 Å². The van der Waals surface area contributed by atoms with Crippen molar-refractivity contribution >= 4 is 40.4 Å². The standard InChI is InChI=1S/C29H34N6O4/c1-4-38-25-15-19(28(36)35-13-9-20(18-35)34-11-5-6-12-34)7-8-21(25)31-26-16-23-24(17-30-26)33(3)29(37)27-22(32(23)2)10-14-39-27/h7-8,10,14-17,20H,4-6,9,11-13,18H2,1-3H3,(H,30,31)/t20-/m1/s1. The van der Waals surface area contributed by atoms with E-state index < -0.39 is 0 Å². The summed E-state index contributed by atoms with van der Waals surface area (Å²) in [6, 6.07) is 9.66. The van der Waals surface area contributed by atoms with Crippen molar-refractivity contribution in [3.8, 4) is 5.75 Å². The van der Waals surface area contributed by atoms with E-state index in [0.717, 1.165) is 38.3 Å². The molecule has 0 aliphatic carbocycles. The van der Waals surface area contributed by atoms with Crippen molar-refractivity contribution in [1.29, 1.82) is 0 Å². The maximum absolute atomic E-state index is 13.4. The molecule has 3 aliphatic rings. The van der Waals surface area contributed by atoms with Crippen molar-refractivity contribution in [2.24, 2.45) is 0 Å². The van der Waals surface area contributed by atoms with E-state index in [1.807, 2.05) is 48.0 Å². The SMILES string of the molecule is CCOc1cc(C(=O)N2CC[C@@H](N3CCCC3)C2)ccc1Nc1cc2c(cn1)N(C)C(=O)c1occc1N2C. The van der Waals surface area contributed by atoms with E-state index in [1.165, 1.54) is 24.0 Å². The average molecular weight is 531 g/mol. The third-order valence-electron chi connectivity index (χ3n) is 7.99. The summed E-state index contributed by atoms with van der Waals surface area (Å²) < 4.78 is 11.4. The zero-order valence-corrected chi connectivity index (χ0v) is 22.6. The Kier molecular flexibility index (Phi) is 6.64. The Morgan fingerprint density at radius 2 is 1.90 bits per heavy atom. The molecule has 10 heteroatoms. The van der Waals surface area contributed by atoms with Crippen LogP contribution in [0.4, 0.5) is 28.6 Å². The monoisotopic (exact) mass is 530 g/mol. The van der Waals surface area contributed by atoms with E-state index in [2.05, 4.69) is 15.2 Å². The number of hydrogen-bond acceptors (Lipinski definition) is 8. The van der Waals surface area contributed by atoms with Crippen LogP contribution in [0.5, 0.6) is 5.75 Å². The van der Waals surface area contributed by atoms with Crippen LogP contribution in [0, 0.1) is 0 Å². The molecule has 6 rings (SSSR count). The van der Waals surface area contributed by atoms with Gasteiger partial charge in [-0.05, 0) is 57.5 Å². The van der Waals surface area contributed by atoms with Gasteiger partial charge in [-0.3, -0.25) is 14.5 Å². The third kappa shape index (κ3) is 4.58. The van der Waals surface area contributed by atoms with Crippen LogP contribution in [0.1, 0.15) is 47.1 Å². The van der Waals surface area contributed by atoms with Gasteiger partial charge in [-0.15, -0.1) is 0 Å². The first-order valence-electron chi connectivity index (χ1n) is 13.6. The van der Waals surface area contributed by atoms with Gasteiger partial charge in [0.05, 0.1) is 41.8 Å². The molecule has 0 saturated carbocycles. The van der Waals surface area contributed by atoms with E-state index in [-0.39, 0.29) is 17.6 Å². The number of ether oxygens (including phenoxy) is 1. The van der Waals surface area contributed by atoms with E-state index in [4.69, 9.17) is 9.15 Å². The number of carbonyl (C=O) groups excluding carboxylic acids is 2. The van der Waals surface area contributed by atoms with Crippen LogP contribution in [0.15, 0.2) is 47.2 Å².